The molecule has 2 bridgehead atoms. The Morgan fingerprint density at radius 3 is 1.83 bits per heavy atom. The lowest BCUT2D eigenvalue weighted by Gasteiger charge is -2.47. The highest BCUT2D eigenvalue weighted by Gasteiger charge is 2.57. The van der Waals surface area contributed by atoms with Gasteiger partial charge in [-0.1, -0.05) is 35.6 Å². The quantitative estimate of drug-likeness (QED) is 0.0155. The normalized spacial score (nSPS) is 18.0. The fourth-order valence-electron chi connectivity index (χ4n) is 9.98. The lowest BCUT2D eigenvalue weighted by atomic mass is 9.82. The standard InChI is InChI=1S/C55H61ClF10N10O10/c1-52(2,54(61,62)63)44(69-49(79)82-5)46(77)68-41(19-31-10-7-30(8-11-31)9-12-32-13-16-43(67-22-32)73-23-34-14-15-35(24-73)76(34)36-27-84-28-36)42(86-51(81)85-29-56)26-74(72-47(78)45(70-50(80)83-6)53(3,4)55(64,65)66)25-37-38(57)20-33(21-39(37)58)40-17-18-75(71-40)48(59)60/h7-8,10-11,13,16-18,20-22,34-36,41-42,44-45,48H,14-15,19,23-29H2,1-6H3,(H,68,77)(H,69,79)(H,70,80)(H,72,78)/t34?,35?,41-,42-,44+,45+/m0/s1. The number of halogens is 11. The molecule has 4 amide bonds. The molecule has 7 rings (SSSR count). The zero-order valence-corrected chi connectivity index (χ0v) is 47.7. The van der Waals surface area contributed by atoms with Crippen LogP contribution in [0, 0.1) is 34.3 Å². The van der Waals surface area contributed by atoms with Gasteiger partial charge in [-0.2, -0.15) is 40.2 Å². The van der Waals surface area contributed by atoms with Gasteiger partial charge in [0.05, 0.1) is 62.6 Å². The van der Waals surface area contributed by atoms with Gasteiger partial charge >= 0.3 is 37.2 Å². The second-order valence-corrected chi connectivity index (χ2v) is 21.8. The number of alkyl carbamates (subject to hydrolysis) is 2. The zero-order chi connectivity index (χ0) is 63.1. The number of hydrogen-bond acceptors (Lipinski definition) is 15. The Morgan fingerprint density at radius 2 is 1.34 bits per heavy atom. The number of benzene rings is 2. The van der Waals surface area contributed by atoms with Crippen molar-refractivity contribution in [1.29, 1.82) is 0 Å². The van der Waals surface area contributed by atoms with E-state index in [2.05, 4.69) is 46.5 Å². The molecular weight excluding hydrogens is 1190 g/mol. The lowest BCUT2D eigenvalue weighted by molar-refractivity contribution is -0.221. The maximum Gasteiger partial charge on any atom is 0.509 e. The van der Waals surface area contributed by atoms with Crippen molar-refractivity contribution >= 4 is 47.6 Å². The van der Waals surface area contributed by atoms with Crippen LogP contribution in [0.4, 0.5) is 64.1 Å². The third-order valence-corrected chi connectivity index (χ3v) is 15.3. The summed E-state index contributed by atoms with van der Waals surface area (Å²) in [4.78, 5) is 76.6. The SMILES string of the molecule is COC(=O)N[C@H](C(=O)N[C@@H](Cc1ccc(C#Cc2ccc(N3CC4CCC(C3)N4C3COC3)nc2)cc1)[C@H](CN(Cc1c(F)cc(-c2ccn(C(F)F)n2)cc1F)NC(=O)[C@@H](NC(=O)OC)C(C)(C)C(F)(F)F)OC(=O)OCCl)C(C)(C)C(F)(F)F. The van der Waals surface area contributed by atoms with E-state index in [4.69, 9.17) is 25.8 Å². The number of aromatic nitrogens is 3. The number of rotatable bonds is 21. The van der Waals surface area contributed by atoms with Crippen LogP contribution < -0.4 is 26.3 Å². The van der Waals surface area contributed by atoms with Gasteiger partial charge in [0.2, 0.25) is 5.91 Å². The van der Waals surface area contributed by atoms with Gasteiger partial charge in [0.25, 0.3) is 5.91 Å². The number of anilines is 1. The highest BCUT2D eigenvalue weighted by atomic mass is 35.5. The molecule has 0 aliphatic carbocycles. The topological polar surface area (TPSA) is 220 Å². The summed E-state index contributed by atoms with van der Waals surface area (Å²) in [5, 5.41) is 9.99. The Balaban J connectivity index is 1.26. The molecule has 2 aromatic heterocycles. The fraction of sp³-hybridized carbons (Fsp3) is 0.509. The predicted molar refractivity (Wildman–Crippen MR) is 286 cm³/mol. The molecule has 4 N–H and O–H groups in total. The van der Waals surface area contributed by atoms with Crippen molar-refractivity contribution in [3.63, 3.8) is 0 Å². The van der Waals surface area contributed by atoms with E-state index in [1.807, 2.05) is 22.9 Å². The lowest BCUT2D eigenvalue weighted by Crippen LogP contribution is -2.64. The molecule has 2 aromatic carbocycles. The Morgan fingerprint density at radius 1 is 0.779 bits per heavy atom. The number of fused-ring (bicyclic) bond motifs is 2. The summed E-state index contributed by atoms with van der Waals surface area (Å²) in [6, 6.07) is 5.08. The number of carbonyl (C=O) groups excluding carboxylic acids is 5. The van der Waals surface area contributed by atoms with Crippen molar-refractivity contribution in [3.8, 4) is 23.1 Å². The first-order valence-corrected chi connectivity index (χ1v) is 27.0. The van der Waals surface area contributed by atoms with Crippen LogP contribution in [-0.2, 0) is 46.2 Å². The van der Waals surface area contributed by atoms with Crippen molar-refractivity contribution in [2.24, 2.45) is 10.8 Å². The number of hydrogen-bond donors (Lipinski definition) is 4. The van der Waals surface area contributed by atoms with Gasteiger partial charge in [-0.15, -0.1) is 0 Å². The molecule has 3 aliphatic heterocycles. The molecule has 3 fully saturated rings. The molecule has 5 heterocycles. The Hall–Kier alpha value is -7.62. The van der Waals surface area contributed by atoms with Gasteiger partial charge in [0, 0.05) is 66.4 Å². The molecule has 6 atom stereocenters. The molecular formula is C55H61ClF10N10O10. The van der Waals surface area contributed by atoms with E-state index in [0.29, 0.717) is 74.1 Å². The zero-order valence-electron chi connectivity index (χ0n) is 47.0. The third kappa shape index (κ3) is 15.7. The highest BCUT2D eigenvalue weighted by Crippen LogP contribution is 2.42. The summed E-state index contributed by atoms with van der Waals surface area (Å²) in [5.41, 5.74) is -4.85. The van der Waals surface area contributed by atoms with Crippen LogP contribution in [0.5, 0.6) is 0 Å². The van der Waals surface area contributed by atoms with Crippen LogP contribution in [0.1, 0.15) is 69.3 Å². The van der Waals surface area contributed by atoms with Crippen LogP contribution in [-0.4, -0.2) is 163 Å². The van der Waals surface area contributed by atoms with E-state index >= 15 is 8.78 Å². The molecule has 20 nitrogen and oxygen atoms in total. The van der Waals surface area contributed by atoms with E-state index in [-0.39, 0.29) is 15.9 Å². The molecule has 0 saturated carbocycles. The first kappa shape index (κ1) is 65.9. The summed E-state index contributed by atoms with van der Waals surface area (Å²) in [5.74, 6) is 0.495. The van der Waals surface area contributed by atoms with Crippen LogP contribution in [0.15, 0.2) is 67.0 Å². The first-order chi connectivity index (χ1) is 40.4. The van der Waals surface area contributed by atoms with E-state index in [0.717, 1.165) is 71.4 Å². The van der Waals surface area contributed by atoms with Crippen molar-refractivity contribution in [2.45, 2.75) is 115 Å². The molecule has 2 unspecified atom stereocenters. The summed E-state index contributed by atoms with van der Waals surface area (Å²) in [7, 11) is 1.56. The molecule has 3 aliphatic rings. The number of alkyl halides is 9. The fourth-order valence-corrected chi connectivity index (χ4v) is 10.1. The van der Waals surface area contributed by atoms with E-state index < -0.39 is 132 Å². The minimum atomic E-state index is -5.29. The van der Waals surface area contributed by atoms with Crippen molar-refractivity contribution in [1.82, 2.24) is 46.0 Å². The predicted octanol–water partition coefficient (Wildman–Crippen LogP) is 7.98. The molecule has 3 saturated heterocycles. The summed E-state index contributed by atoms with van der Waals surface area (Å²) < 4.78 is 173. The Bertz CT molecular complexity index is 3090. The van der Waals surface area contributed by atoms with Crippen LogP contribution >= 0.6 is 11.6 Å². The average molecular weight is 1250 g/mol. The highest BCUT2D eigenvalue weighted by molar-refractivity contribution is 6.17. The van der Waals surface area contributed by atoms with Crippen molar-refractivity contribution in [3.05, 3.63) is 101 Å². The molecule has 468 valence electrons. The van der Waals surface area contributed by atoms with Gasteiger partial charge in [-0.05, 0) is 95.0 Å². The smallest absolute Gasteiger partial charge is 0.453 e. The van der Waals surface area contributed by atoms with Crippen LogP contribution in [0.3, 0.4) is 0 Å². The van der Waals surface area contributed by atoms with Gasteiger partial charge in [-0.3, -0.25) is 19.9 Å². The number of ether oxygens (including phenoxy) is 5. The van der Waals surface area contributed by atoms with Crippen molar-refractivity contribution < 1.29 is 91.6 Å². The summed E-state index contributed by atoms with van der Waals surface area (Å²) in [6.07, 6.45) is -13.4. The van der Waals surface area contributed by atoms with Crippen LogP contribution in [0.25, 0.3) is 11.3 Å². The monoisotopic (exact) mass is 1250 g/mol. The molecule has 0 radical (unpaired) electrons. The average Bonchev–Trinajstić information content (AvgIpc) is 1.48. The van der Waals surface area contributed by atoms with E-state index in [9.17, 15) is 59.1 Å². The van der Waals surface area contributed by atoms with E-state index in [1.165, 1.54) is 24.3 Å². The molecule has 86 heavy (non-hydrogen) atoms. The molecule has 4 aromatic rings. The number of nitrogens with one attached hydrogen (secondary N) is 4. The summed E-state index contributed by atoms with van der Waals surface area (Å²) in [6.45, 7) is -0.358. The second-order valence-electron chi connectivity index (χ2n) is 21.6. The minimum absolute atomic E-state index is 0.179. The van der Waals surface area contributed by atoms with Gasteiger partial charge in [0.15, 0.2) is 6.07 Å². The number of methoxy groups -OCH3 is 2. The van der Waals surface area contributed by atoms with Crippen LogP contribution in [0.2, 0.25) is 0 Å². The second kappa shape index (κ2) is 27.4. The number of pyridine rings is 1. The maximum atomic E-state index is 16.3. The first-order valence-electron chi connectivity index (χ1n) is 26.5. The number of piperazine rings is 1. The number of carbonyl (C=O) groups is 5. The van der Waals surface area contributed by atoms with Gasteiger partial charge in [-0.25, -0.2) is 37.8 Å². The van der Waals surface area contributed by atoms with Gasteiger partial charge < -0.3 is 44.5 Å². The van der Waals surface area contributed by atoms with E-state index in [1.54, 1.807) is 11.5 Å². The Labute approximate surface area is 491 Å². The van der Waals surface area contributed by atoms with Crippen molar-refractivity contribution in [2.75, 3.05) is 58.0 Å². The number of hydrazine groups is 1. The largest absolute Gasteiger partial charge is 0.509 e. The number of amides is 4. The number of nitrogens with zero attached hydrogens (tertiary/aromatic N) is 6. The maximum absolute atomic E-state index is 16.3. The summed E-state index contributed by atoms with van der Waals surface area (Å²) >= 11 is 5.67. The third-order valence-electron chi connectivity index (χ3n) is 15.2. The minimum Gasteiger partial charge on any atom is -0.453 e. The van der Waals surface area contributed by atoms with Gasteiger partial charge in [0.1, 0.15) is 35.6 Å². The molecule has 0 spiro atoms. The molecule has 31 heteroatoms. The Kier molecular flexibility index (Phi) is 21.0.